The molecular formula is C28H27ClF3N5O3. The molecule has 0 aliphatic carbocycles. The number of carbonyl (C=O) groups is 1. The van der Waals surface area contributed by atoms with E-state index in [9.17, 15) is 18.0 Å². The number of nitrogens with two attached hydrogens (primary N) is 1. The Hall–Kier alpha value is -3.96. The monoisotopic (exact) mass is 573 g/mol. The summed E-state index contributed by atoms with van der Waals surface area (Å²) in [5.74, 6) is -2.80. The summed E-state index contributed by atoms with van der Waals surface area (Å²) in [6.07, 6.45) is 1.10. The second kappa shape index (κ2) is 12.5. The van der Waals surface area contributed by atoms with Crippen LogP contribution in [0.25, 0.3) is 11.3 Å². The summed E-state index contributed by atoms with van der Waals surface area (Å²) < 4.78 is 54.1. The lowest BCUT2D eigenvalue weighted by Crippen LogP contribution is -2.12. The summed E-state index contributed by atoms with van der Waals surface area (Å²) in [6, 6.07) is 10.7. The Balaban J connectivity index is 0.000000461. The summed E-state index contributed by atoms with van der Waals surface area (Å²) in [5.41, 5.74) is 5.85. The highest BCUT2D eigenvalue weighted by Crippen LogP contribution is 2.27. The van der Waals surface area contributed by atoms with E-state index in [1.807, 2.05) is 0 Å². The van der Waals surface area contributed by atoms with Crippen LogP contribution in [0.2, 0.25) is 5.02 Å². The fourth-order valence-corrected chi connectivity index (χ4v) is 3.95. The van der Waals surface area contributed by atoms with E-state index in [4.69, 9.17) is 26.8 Å². The standard InChI is InChI=1S/C22H15ClF3N5O2.C6H12O/c23-13-5-4-11(15(24)8-13)10-33-20-3-1-2-18(28-20)14-9-16(25)12(6-17(14)26)7-19-29-22(21(27)32)31-30-19;1-6(2)3-4-7-5-6/h1-6,8-9H,7,10H2,(H2,27,32)(H,29,30,31);3-5H2,1-2H3. The van der Waals surface area contributed by atoms with Gasteiger partial charge in [-0.15, -0.1) is 5.10 Å². The maximum Gasteiger partial charge on any atom is 0.288 e. The molecule has 0 unspecified atom stereocenters. The van der Waals surface area contributed by atoms with E-state index in [0.29, 0.717) is 5.41 Å². The SMILES string of the molecule is CC1(C)CCOC1.NC(=O)c1n[nH]c(Cc2cc(F)c(-c3cccc(OCc4ccc(Cl)cc4F)n3)cc2F)n1. The number of rotatable bonds is 7. The minimum atomic E-state index is -0.841. The van der Waals surface area contributed by atoms with Crippen LogP contribution in [0.5, 0.6) is 5.88 Å². The number of carbonyl (C=O) groups excluding carboxylic acids is 1. The highest BCUT2D eigenvalue weighted by molar-refractivity contribution is 6.30. The highest BCUT2D eigenvalue weighted by atomic mass is 35.5. The molecule has 2 aromatic carbocycles. The van der Waals surface area contributed by atoms with Crippen molar-refractivity contribution in [2.75, 3.05) is 13.2 Å². The third-order valence-electron chi connectivity index (χ3n) is 6.05. The summed E-state index contributed by atoms with van der Waals surface area (Å²) in [6.45, 7) is 6.26. The van der Waals surface area contributed by atoms with Crippen molar-refractivity contribution >= 4 is 17.5 Å². The molecule has 0 spiro atoms. The van der Waals surface area contributed by atoms with Crippen molar-refractivity contribution in [2.24, 2.45) is 11.1 Å². The molecule has 0 atom stereocenters. The maximum absolute atomic E-state index is 14.8. The lowest BCUT2D eigenvalue weighted by Gasteiger charge is -2.11. The van der Waals surface area contributed by atoms with Gasteiger partial charge in [-0.25, -0.2) is 23.1 Å². The Labute approximate surface area is 233 Å². The molecule has 0 bridgehead atoms. The van der Waals surface area contributed by atoms with Crippen LogP contribution in [0.1, 0.15) is 47.8 Å². The van der Waals surface area contributed by atoms with Gasteiger partial charge in [-0.3, -0.25) is 9.89 Å². The van der Waals surface area contributed by atoms with Crippen LogP contribution < -0.4 is 10.5 Å². The predicted octanol–water partition coefficient (Wildman–Crippen LogP) is 5.64. The molecule has 1 aliphatic heterocycles. The fraction of sp³-hybridized carbons (Fsp3) is 0.286. The van der Waals surface area contributed by atoms with Gasteiger partial charge in [0.15, 0.2) is 0 Å². The topological polar surface area (TPSA) is 116 Å². The molecule has 1 amide bonds. The smallest absolute Gasteiger partial charge is 0.288 e. The quantitative estimate of drug-likeness (QED) is 0.296. The van der Waals surface area contributed by atoms with Crippen LogP contribution in [0.3, 0.4) is 0 Å². The van der Waals surface area contributed by atoms with Gasteiger partial charge in [0.1, 0.15) is 29.9 Å². The normalized spacial score (nSPS) is 13.9. The third-order valence-corrected chi connectivity index (χ3v) is 6.29. The number of H-pyrrole nitrogens is 1. The van der Waals surface area contributed by atoms with Crippen molar-refractivity contribution in [3.05, 3.63) is 93.8 Å². The molecule has 8 nitrogen and oxygen atoms in total. The second-order valence-electron chi connectivity index (χ2n) is 9.92. The van der Waals surface area contributed by atoms with E-state index in [-0.39, 0.29) is 58.0 Å². The third kappa shape index (κ3) is 7.57. The molecular weight excluding hydrogens is 547 g/mol. The van der Waals surface area contributed by atoms with Crippen molar-refractivity contribution in [1.82, 2.24) is 20.2 Å². The van der Waals surface area contributed by atoms with Gasteiger partial charge in [-0.1, -0.05) is 37.6 Å². The van der Waals surface area contributed by atoms with E-state index in [0.717, 1.165) is 31.4 Å². The largest absolute Gasteiger partial charge is 0.473 e. The highest BCUT2D eigenvalue weighted by Gasteiger charge is 2.23. The van der Waals surface area contributed by atoms with E-state index in [2.05, 4.69) is 34.0 Å². The second-order valence-corrected chi connectivity index (χ2v) is 10.4. The zero-order chi connectivity index (χ0) is 28.9. The number of ether oxygens (including phenoxy) is 2. The number of nitrogens with one attached hydrogen (secondary N) is 1. The molecule has 12 heteroatoms. The number of primary amides is 1. The zero-order valence-corrected chi connectivity index (χ0v) is 22.6. The Morgan fingerprint density at radius 2 is 1.85 bits per heavy atom. The van der Waals surface area contributed by atoms with Crippen LogP contribution in [-0.4, -0.2) is 39.3 Å². The molecule has 3 N–H and O–H groups in total. The number of benzene rings is 2. The number of aromatic nitrogens is 4. The first-order valence-electron chi connectivity index (χ1n) is 12.3. The number of halogens is 4. The minimum Gasteiger partial charge on any atom is -0.473 e. The summed E-state index contributed by atoms with van der Waals surface area (Å²) >= 11 is 5.73. The lowest BCUT2D eigenvalue weighted by atomic mass is 9.94. The van der Waals surface area contributed by atoms with Gasteiger partial charge in [-0.05, 0) is 47.7 Å². The van der Waals surface area contributed by atoms with Gasteiger partial charge >= 0.3 is 0 Å². The minimum absolute atomic E-state index is 0.00552. The summed E-state index contributed by atoms with van der Waals surface area (Å²) in [7, 11) is 0. The molecule has 2 aromatic heterocycles. The van der Waals surface area contributed by atoms with Crippen molar-refractivity contribution < 1.29 is 27.4 Å². The summed E-state index contributed by atoms with van der Waals surface area (Å²) in [4.78, 5) is 19.1. The van der Waals surface area contributed by atoms with Crippen LogP contribution in [-0.2, 0) is 17.8 Å². The predicted molar refractivity (Wildman–Crippen MR) is 142 cm³/mol. The Kier molecular flexibility index (Phi) is 9.06. The summed E-state index contributed by atoms with van der Waals surface area (Å²) in [5, 5.41) is 6.32. The zero-order valence-electron chi connectivity index (χ0n) is 21.8. The molecule has 1 aliphatic rings. The Bertz CT molecular complexity index is 1500. The first-order chi connectivity index (χ1) is 19.0. The molecule has 4 aromatic rings. The number of pyridine rings is 1. The van der Waals surface area contributed by atoms with Crippen molar-refractivity contribution in [1.29, 1.82) is 0 Å². The fourth-order valence-electron chi connectivity index (χ4n) is 3.79. The average molecular weight is 574 g/mol. The maximum atomic E-state index is 14.8. The van der Waals surface area contributed by atoms with Crippen LogP contribution in [0, 0.1) is 22.9 Å². The Morgan fingerprint density at radius 1 is 1.07 bits per heavy atom. The van der Waals surface area contributed by atoms with E-state index in [1.54, 1.807) is 6.07 Å². The van der Waals surface area contributed by atoms with Gasteiger partial charge in [0.2, 0.25) is 11.7 Å². The van der Waals surface area contributed by atoms with Gasteiger partial charge in [0.25, 0.3) is 5.91 Å². The van der Waals surface area contributed by atoms with Crippen LogP contribution in [0.15, 0.2) is 48.5 Å². The number of hydrogen-bond acceptors (Lipinski definition) is 6. The van der Waals surface area contributed by atoms with E-state index < -0.39 is 23.4 Å². The van der Waals surface area contributed by atoms with Crippen molar-refractivity contribution in [3.8, 4) is 17.1 Å². The van der Waals surface area contributed by atoms with E-state index >= 15 is 0 Å². The van der Waals surface area contributed by atoms with Gasteiger partial charge in [0, 0.05) is 35.2 Å². The number of nitrogens with zero attached hydrogens (tertiary/aromatic N) is 3. The van der Waals surface area contributed by atoms with Gasteiger partial charge < -0.3 is 15.2 Å². The van der Waals surface area contributed by atoms with Gasteiger partial charge in [0.05, 0.1) is 12.3 Å². The first-order valence-corrected chi connectivity index (χ1v) is 12.7. The molecule has 0 saturated carbocycles. The van der Waals surface area contributed by atoms with E-state index in [1.165, 1.54) is 30.7 Å². The van der Waals surface area contributed by atoms with Crippen molar-refractivity contribution in [2.45, 2.75) is 33.3 Å². The molecule has 5 rings (SSSR count). The molecule has 40 heavy (non-hydrogen) atoms. The number of aromatic amines is 1. The number of hydrogen-bond donors (Lipinski definition) is 2. The number of amides is 1. The first kappa shape index (κ1) is 29.0. The molecule has 0 radical (unpaired) electrons. The average Bonchev–Trinajstić information content (AvgIpc) is 3.54. The molecule has 1 saturated heterocycles. The van der Waals surface area contributed by atoms with Gasteiger partial charge in [-0.2, -0.15) is 0 Å². The van der Waals surface area contributed by atoms with Crippen LogP contribution in [0.4, 0.5) is 13.2 Å². The molecule has 3 heterocycles. The lowest BCUT2D eigenvalue weighted by molar-refractivity contribution is 0.0990. The molecule has 210 valence electrons. The Morgan fingerprint density at radius 3 is 2.48 bits per heavy atom. The molecule has 1 fully saturated rings. The van der Waals surface area contributed by atoms with Crippen molar-refractivity contribution in [3.63, 3.8) is 0 Å². The van der Waals surface area contributed by atoms with Crippen LogP contribution >= 0.6 is 11.6 Å².